The molecule has 0 spiro atoms. The van der Waals surface area contributed by atoms with E-state index in [1.807, 2.05) is 18.2 Å². The molecule has 3 rings (SSSR count). The molecule has 4 heteroatoms. The number of aromatic nitrogens is 1. The van der Waals surface area contributed by atoms with Gasteiger partial charge in [0.2, 0.25) is 0 Å². The lowest BCUT2D eigenvalue weighted by Gasteiger charge is -2.19. The highest BCUT2D eigenvalue weighted by molar-refractivity contribution is 7.98. The van der Waals surface area contributed by atoms with E-state index in [9.17, 15) is 4.79 Å². The monoisotopic (exact) mass is 325 g/mol. The highest BCUT2D eigenvalue weighted by atomic mass is 32.2. The molecule has 2 aromatic carbocycles. The maximum absolute atomic E-state index is 11.3. The minimum absolute atomic E-state index is 0.175. The van der Waals surface area contributed by atoms with E-state index in [0.29, 0.717) is 11.1 Å². The molecule has 0 amide bonds. The van der Waals surface area contributed by atoms with Crippen molar-refractivity contribution in [3.05, 3.63) is 70.2 Å². The van der Waals surface area contributed by atoms with Crippen molar-refractivity contribution in [3.63, 3.8) is 0 Å². The van der Waals surface area contributed by atoms with Crippen LogP contribution in [0.25, 0.3) is 11.1 Å². The van der Waals surface area contributed by atoms with Crippen molar-refractivity contribution in [1.29, 1.82) is 0 Å². The van der Waals surface area contributed by atoms with Gasteiger partial charge in [0.15, 0.2) is 5.58 Å². The van der Waals surface area contributed by atoms with E-state index in [-0.39, 0.29) is 5.41 Å². The van der Waals surface area contributed by atoms with Gasteiger partial charge in [0.25, 0.3) is 0 Å². The van der Waals surface area contributed by atoms with Gasteiger partial charge >= 0.3 is 5.63 Å². The molecule has 0 aliphatic carbocycles. The molecular formula is C19H19NO2S. The van der Waals surface area contributed by atoms with Gasteiger partial charge in [-0.05, 0) is 34.7 Å². The first-order valence-corrected chi connectivity index (χ1v) is 8.52. The lowest BCUT2D eigenvalue weighted by Crippen LogP contribution is -2.10. The van der Waals surface area contributed by atoms with Crippen LogP contribution in [0.3, 0.4) is 0 Å². The number of hydrogen-bond donors (Lipinski definition) is 0. The number of rotatable bonds is 3. The van der Waals surface area contributed by atoms with Crippen molar-refractivity contribution in [2.45, 2.75) is 36.8 Å². The molecule has 0 aliphatic heterocycles. The molecule has 3 aromatic rings. The molecule has 23 heavy (non-hydrogen) atoms. The standard InChI is InChI=1S/C19H19NO2S/c1-19(2,3)14-6-4-13(5-7-14)12-23-15-8-9-16-17(10-15)22-18(21)11-20-16/h4-11H,12H2,1-3H3. The Kier molecular flexibility index (Phi) is 4.26. The van der Waals surface area contributed by atoms with Crippen molar-refractivity contribution in [2.24, 2.45) is 0 Å². The fourth-order valence-corrected chi connectivity index (χ4v) is 3.18. The summed E-state index contributed by atoms with van der Waals surface area (Å²) in [5.74, 6) is 0.875. The zero-order valence-corrected chi connectivity index (χ0v) is 14.3. The first-order chi connectivity index (χ1) is 10.9. The van der Waals surface area contributed by atoms with Crippen molar-refractivity contribution in [2.75, 3.05) is 0 Å². The number of hydrogen-bond acceptors (Lipinski definition) is 4. The molecule has 0 unspecified atom stereocenters. The molecular weight excluding hydrogens is 306 g/mol. The van der Waals surface area contributed by atoms with E-state index in [1.54, 1.807) is 11.8 Å². The van der Waals surface area contributed by atoms with Crippen molar-refractivity contribution in [3.8, 4) is 0 Å². The molecule has 1 aromatic heterocycles. The largest absolute Gasteiger partial charge is 0.420 e. The molecule has 0 saturated carbocycles. The Morgan fingerprint density at radius 3 is 2.52 bits per heavy atom. The lowest BCUT2D eigenvalue weighted by molar-refractivity contribution is 0.554. The number of thioether (sulfide) groups is 1. The Hall–Kier alpha value is -2.07. The fourth-order valence-electron chi connectivity index (χ4n) is 2.30. The van der Waals surface area contributed by atoms with E-state index < -0.39 is 5.63 Å². The second-order valence-electron chi connectivity index (χ2n) is 6.54. The molecule has 0 aliphatic rings. The first-order valence-electron chi connectivity index (χ1n) is 7.54. The molecule has 1 heterocycles. The SMILES string of the molecule is CC(C)(C)c1ccc(CSc2ccc3ncc(=O)oc3c2)cc1. The van der Waals surface area contributed by atoms with Crippen molar-refractivity contribution >= 4 is 22.9 Å². The van der Waals surface area contributed by atoms with Gasteiger partial charge in [-0.25, -0.2) is 9.78 Å². The summed E-state index contributed by atoms with van der Waals surface area (Å²) < 4.78 is 5.18. The van der Waals surface area contributed by atoms with Gasteiger partial charge in [0, 0.05) is 10.6 Å². The second kappa shape index (κ2) is 6.20. The summed E-state index contributed by atoms with van der Waals surface area (Å²) in [4.78, 5) is 16.4. The summed E-state index contributed by atoms with van der Waals surface area (Å²) in [5.41, 5.74) is 3.60. The minimum atomic E-state index is -0.419. The zero-order chi connectivity index (χ0) is 16.4. The van der Waals surface area contributed by atoms with Crippen LogP contribution < -0.4 is 5.63 Å². The van der Waals surface area contributed by atoms with Crippen LogP contribution in [0.1, 0.15) is 31.9 Å². The lowest BCUT2D eigenvalue weighted by atomic mass is 9.87. The minimum Gasteiger partial charge on any atom is -0.420 e. The van der Waals surface area contributed by atoms with Crippen LogP contribution in [0.2, 0.25) is 0 Å². The predicted molar refractivity (Wildman–Crippen MR) is 95.0 cm³/mol. The molecule has 3 nitrogen and oxygen atoms in total. The highest BCUT2D eigenvalue weighted by Crippen LogP contribution is 2.27. The van der Waals surface area contributed by atoms with E-state index >= 15 is 0 Å². The van der Waals surface area contributed by atoms with Gasteiger partial charge in [-0.2, -0.15) is 0 Å². The van der Waals surface area contributed by atoms with Gasteiger partial charge in [0.1, 0.15) is 11.7 Å². The maximum atomic E-state index is 11.3. The molecule has 0 radical (unpaired) electrons. The number of fused-ring (bicyclic) bond motifs is 1. The van der Waals surface area contributed by atoms with Crippen LogP contribution in [0.4, 0.5) is 0 Å². The summed E-state index contributed by atoms with van der Waals surface area (Å²) in [7, 11) is 0. The fraction of sp³-hybridized carbons (Fsp3) is 0.263. The summed E-state index contributed by atoms with van der Waals surface area (Å²) >= 11 is 1.72. The quantitative estimate of drug-likeness (QED) is 0.650. The van der Waals surface area contributed by atoms with Crippen molar-refractivity contribution < 1.29 is 4.42 Å². The zero-order valence-electron chi connectivity index (χ0n) is 13.5. The smallest absolute Gasteiger partial charge is 0.354 e. The van der Waals surface area contributed by atoms with Gasteiger partial charge < -0.3 is 4.42 Å². The van der Waals surface area contributed by atoms with Gasteiger partial charge in [0.05, 0.1) is 0 Å². The third-order valence-electron chi connectivity index (χ3n) is 3.68. The first kappa shape index (κ1) is 15.8. The van der Waals surface area contributed by atoms with Crippen LogP contribution in [-0.4, -0.2) is 4.98 Å². The summed E-state index contributed by atoms with van der Waals surface area (Å²) in [6, 6.07) is 14.5. The van der Waals surface area contributed by atoms with Gasteiger partial charge in [-0.15, -0.1) is 11.8 Å². The summed E-state index contributed by atoms with van der Waals surface area (Å²) in [5, 5.41) is 0. The van der Waals surface area contributed by atoms with Crippen molar-refractivity contribution in [1.82, 2.24) is 4.98 Å². The molecule has 0 N–H and O–H groups in total. The normalized spacial score (nSPS) is 11.8. The number of nitrogens with zero attached hydrogens (tertiary/aromatic N) is 1. The third kappa shape index (κ3) is 3.82. The van der Waals surface area contributed by atoms with Crippen LogP contribution in [0.15, 0.2) is 62.8 Å². The van der Waals surface area contributed by atoms with Crippen LogP contribution in [0, 0.1) is 0 Å². The molecule has 118 valence electrons. The number of benzene rings is 2. The van der Waals surface area contributed by atoms with E-state index in [4.69, 9.17) is 4.42 Å². The summed E-state index contributed by atoms with van der Waals surface area (Å²) in [6.07, 6.45) is 1.20. The van der Waals surface area contributed by atoms with Gasteiger partial charge in [-0.3, -0.25) is 0 Å². The molecule has 0 fully saturated rings. The van der Waals surface area contributed by atoms with Crippen LogP contribution in [0.5, 0.6) is 0 Å². The Balaban J connectivity index is 1.74. The third-order valence-corrected chi connectivity index (χ3v) is 4.74. The highest BCUT2D eigenvalue weighted by Gasteiger charge is 2.12. The topological polar surface area (TPSA) is 43.1 Å². The van der Waals surface area contributed by atoms with E-state index in [2.05, 4.69) is 50.0 Å². The predicted octanol–water partition coefficient (Wildman–Crippen LogP) is 4.78. The average Bonchev–Trinajstić information content (AvgIpc) is 2.52. The van der Waals surface area contributed by atoms with Crippen LogP contribution in [-0.2, 0) is 11.2 Å². The molecule has 0 saturated heterocycles. The van der Waals surface area contributed by atoms with Gasteiger partial charge in [-0.1, -0.05) is 45.0 Å². The maximum Gasteiger partial charge on any atom is 0.354 e. The molecule has 0 bridgehead atoms. The van der Waals surface area contributed by atoms with E-state index in [0.717, 1.165) is 10.6 Å². The van der Waals surface area contributed by atoms with Crippen LogP contribution >= 0.6 is 11.8 Å². The second-order valence-corrected chi connectivity index (χ2v) is 7.59. The average molecular weight is 325 g/mol. The van der Waals surface area contributed by atoms with E-state index in [1.165, 1.54) is 17.3 Å². The Morgan fingerprint density at radius 1 is 1.09 bits per heavy atom. The molecule has 0 atom stereocenters. The Morgan fingerprint density at radius 2 is 1.83 bits per heavy atom. The summed E-state index contributed by atoms with van der Waals surface area (Å²) in [6.45, 7) is 6.65. The Bertz CT molecular complexity index is 876. The Labute approximate surface area is 139 Å².